The maximum absolute atomic E-state index is 10.1. The molecule has 4 atom stereocenters. The predicted molar refractivity (Wildman–Crippen MR) is 49.8 cm³/mol. The van der Waals surface area contributed by atoms with E-state index in [0.29, 0.717) is 11.8 Å². The standard InChI is InChI=1S/C11H18O/c1-8-6-9-4-3-5-10(9)7-11(8,2)12/h3,5,8-10,12H,4,6-7H2,1-2H3/t8-,9+,10-,11+/m1/s1. The molecule has 0 aliphatic heterocycles. The molecule has 0 unspecified atom stereocenters. The third kappa shape index (κ3) is 1.20. The van der Waals surface area contributed by atoms with Crippen molar-refractivity contribution in [2.75, 3.05) is 0 Å². The Bertz CT molecular complexity index is 205. The first-order chi connectivity index (χ1) is 5.59. The molecular formula is C11H18O. The molecule has 0 aromatic carbocycles. The molecule has 2 rings (SSSR count). The van der Waals surface area contributed by atoms with E-state index in [-0.39, 0.29) is 0 Å². The summed E-state index contributed by atoms with van der Waals surface area (Å²) >= 11 is 0. The summed E-state index contributed by atoms with van der Waals surface area (Å²) in [5.74, 6) is 1.97. The van der Waals surface area contributed by atoms with E-state index in [0.717, 1.165) is 12.3 Å². The number of allylic oxidation sites excluding steroid dienone is 2. The van der Waals surface area contributed by atoms with E-state index in [1.165, 1.54) is 12.8 Å². The maximum atomic E-state index is 10.1. The first-order valence-corrected chi connectivity index (χ1v) is 4.98. The average molecular weight is 166 g/mol. The molecule has 1 heteroatoms. The van der Waals surface area contributed by atoms with Crippen LogP contribution in [0.1, 0.15) is 33.1 Å². The summed E-state index contributed by atoms with van der Waals surface area (Å²) in [6, 6.07) is 0. The van der Waals surface area contributed by atoms with Gasteiger partial charge in [0.1, 0.15) is 0 Å². The molecular weight excluding hydrogens is 148 g/mol. The van der Waals surface area contributed by atoms with E-state index in [4.69, 9.17) is 0 Å². The lowest BCUT2D eigenvalue weighted by Crippen LogP contribution is -2.41. The molecule has 2 aliphatic rings. The highest BCUT2D eigenvalue weighted by Crippen LogP contribution is 2.45. The van der Waals surface area contributed by atoms with Crippen molar-refractivity contribution in [1.29, 1.82) is 0 Å². The van der Waals surface area contributed by atoms with Crippen molar-refractivity contribution >= 4 is 0 Å². The number of rotatable bonds is 0. The zero-order chi connectivity index (χ0) is 8.77. The fraction of sp³-hybridized carbons (Fsp3) is 0.818. The first kappa shape index (κ1) is 8.31. The average Bonchev–Trinajstić information content (AvgIpc) is 2.35. The number of hydrogen-bond acceptors (Lipinski definition) is 1. The van der Waals surface area contributed by atoms with E-state index in [1.807, 2.05) is 6.92 Å². The van der Waals surface area contributed by atoms with Gasteiger partial charge in [-0.25, -0.2) is 0 Å². The minimum absolute atomic E-state index is 0.421. The zero-order valence-corrected chi connectivity index (χ0v) is 7.96. The Morgan fingerprint density at radius 2 is 2.25 bits per heavy atom. The first-order valence-electron chi connectivity index (χ1n) is 4.98. The van der Waals surface area contributed by atoms with Crippen molar-refractivity contribution < 1.29 is 5.11 Å². The molecule has 68 valence electrons. The summed E-state index contributed by atoms with van der Waals surface area (Å²) in [5, 5.41) is 10.1. The highest BCUT2D eigenvalue weighted by atomic mass is 16.3. The molecule has 1 nitrogen and oxygen atoms in total. The fourth-order valence-electron chi connectivity index (χ4n) is 2.65. The third-order valence-electron chi connectivity index (χ3n) is 3.79. The quantitative estimate of drug-likeness (QED) is 0.548. The molecule has 0 aromatic rings. The SMILES string of the molecule is C[C@@H]1C[C@@H]2CC=C[C@@H]2C[C@]1(C)O. The minimum atomic E-state index is -0.421. The smallest absolute Gasteiger partial charge is 0.0651 e. The third-order valence-corrected chi connectivity index (χ3v) is 3.79. The molecule has 1 N–H and O–H groups in total. The van der Waals surface area contributed by atoms with Crippen molar-refractivity contribution in [2.24, 2.45) is 17.8 Å². The Balaban J connectivity index is 2.12. The van der Waals surface area contributed by atoms with Gasteiger partial charge in [-0.3, -0.25) is 0 Å². The summed E-state index contributed by atoms with van der Waals surface area (Å²) in [6.07, 6.45) is 7.99. The fourth-order valence-corrected chi connectivity index (χ4v) is 2.65. The van der Waals surface area contributed by atoms with Gasteiger partial charge in [0.05, 0.1) is 5.60 Å². The Morgan fingerprint density at radius 3 is 3.00 bits per heavy atom. The molecule has 0 heterocycles. The molecule has 0 aromatic heterocycles. The van der Waals surface area contributed by atoms with E-state index in [9.17, 15) is 5.11 Å². The highest BCUT2D eigenvalue weighted by Gasteiger charge is 2.41. The van der Waals surface area contributed by atoms with Gasteiger partial charge in [-0.05, 0) is 43.9 Å². The van der Waals surface area contributed by atoms with Crippen LogP contribution in [0.5, 0.6) is 0 Å². The second-order valence-corrected chi connectivity index (χ2v) is 4.79. The van der Waals surface area contributed by atoms with Gasteiger partial charge in [0.2, 0.25) is 0 Å². The van der Waals surface area contributed by atoms with Crippen molar-refractivity contribution in [1.82, 2.24) is 0 Å². The monoisotopic (exact) mass is 166 g/mol. The number of aliphatic hydroxyl groups is 1. The molecule has 0 bridgehead atoms. The van der Waals surface area contributed by atoms with Crippen LogP contribution in [0.25, 0.3) is 0 Å². The van der Waals surface area contributed by atoms with Crippen LogP contribution in [-0.2, 0) is 0 Å². The van der Waals surface area contributed by atoms with Gasteiger partial charge in [0.25, 0.3) is 0 Å². The van der Waals surface area contributed by atoms with Crippen molar-refractivity contribution in [3.8, 4) is 0 Å². The summed E-state index contributed by atoms with van der Waals surface area (Å²) < 4.78 is 0. The second kappa shape index (κ2) is 2.59. The van der Waals surface area contributed by atoms with E-state index in [2.05, 4.69) is 19.1 Å². The van der Waals surface area contributed by atoms with Crippen LogP contribution in [-0.4, -0.2) is 10.7 Å². The molecule has 1 saturated carbocycles. The van der Waals surface area contributed by atoms with Gasteiger partial charge in [-0.1, -0.05) is 19.1 Å². The molecule has 0 amide bonds. The largest absolute Gasteiger partial charge is 0.390 e. The van der Waals surface area contributed by atoms with Gasteiger partial charge in [0.15, 0.2) is 0 Å². The lowest BCUT2D eigenvalue weighted by atomic mass is 9.68. The summed E-state index contributed by atoms with van der Waals surface area (Å²) in [6.45, 7) is 4.16. The van der Waals surface area contributed by atoms with Crippen molar-refractivity contribution in [3.05, 3.63) is 12.2 Å². The van der Waals surface area contributed by atoms with Crippen molar-refractivity contribution in [2.45, 2.75) is 38.7 Å². The molecule has 0 spiro atoms. The Hall–Kier alpha value is -0.300. The molecule has 0 saturated heterocycles. The highest BCUT2D eigenvalue weighted by molar-refractivity contribution is 5.07. The van der Waals surface area contributed by atoms with Crippen LogP contribution in [0, 0.1) is 17.8 Å². The van der Waals surface area contributed by atoms with Crippen LogP contribution in [0.15, 0.2) is 12.2 Å². The van der Waals surface area contributed by atoms with Crippen LogP contribution < -0.4 is 0 Å². The molecule has 1 fully saturated rings. The summed E-state index contributed by atoms with van der Waals surface area (Å²) in [7, 11) is 0. The normalized spacial score (nSPS) is 52.4. The Morgan fingerprint density at radius 1 is 1.50 bits per heavy atom. The molecule has 0 radical (unpaired) electrons. The van der Waals surface area contributed by atoms with E-state index in [1.54, 1.807) is 0 Å². The van der Waals surface area contributed by atoms with Gasteiger partial charge in [-0.15, -0.1) is 0 Å². The lowest BCUT2D eigenvalue weighted by molar-refractivity contribution is -0.0514. The van der Waals surface area contributed by atoms with Gasteiger partial charge in [0, 0.05) is 0 Å². The van der Waals surface area contributed by atoms with E-state index >= 15 is 0 Å². The zero-order valence-electron chi connectivity index (χ0n) is 7.96. The Kier molecular flexibility index (Phi) is 1.80. The second-order valence-electron chi connectivity index (χ2n) is 4.79. The van der Waals surface area contributed by atoms with Gasteiger partial charge >= 0.3 is 0 Å². The summed E-state index contributed by atoms with van der Waals surface area (Å²) in [5.41, 5.74) is -0.421. The van der Waals surface area contributed by atoms with Crippen LogP contribution in [0.2, 0.25) is 0 Å². The summed E-state index contributed by atoms with van der Waals surface area (Å²) in [4.78, 5) is 0. The molecule has 2 aliphatic carbocycles. The maximum Gasteiger partial charge on any atom is 0.0651 e. The lowest BCUT2D eigenvalue weighted by Gasteiger charge is -2.41. The van der Waals surface area contributed by atoms with Crippen LogP contribution in [0.3, 0.4) is 0 Å². The Labute approximate surface area is 74.5 Å². The van der Waals surface area contributed by atoms with Crippen LogP contribution in [0.4, 0.5) is 0 Å². The topological polar surface area (TPSA) is 20.2 Å². The predicted octanol–water partition coefficient (Wildman–Crippen LogP) is 2.36. The van der Waals surface area contributed by atoms with Gasteiger partial charge in [-0.2, -0.15) is 0 Å². The van der Waals surface area contributed by atoms with E-state index < -0.39 is 5.60 Å². The number of fused-ring (bicyclic) bond motifs is 1. The van der Waals surface area contributed by atoms with Crippen molar-refractivity contribution in [3.63, 3.8) is 0 Å². The number of hydrogen-bond donors (Lipinski definition) is 1. The van der Waals surface area contributed by atoms with Crippen LogP contribution >= 0.6 is 0 Å². The molecule has 12 heavy (non-hydrogen) atoms. The van der Waals surface area contributed by atoms with Gasteiger partial charge < -0.3 is 5.11 Å². The minimum Gasteiger partial charge on any atom is -0.390 e.